The first-order chi connectivity index (χ1) is 16.5. The molecule has 0 spiro atoms. The molecule has 1 aliphatic rings. The molecule has 2 aromatic carbocycles. The lowest BCUT2D eigenvalue weighted by atomic mass is 9.95. The minimum atomic E-state index is -1.30. The highest BCUT2D eigenvalue weighted by molar-refractivity contribution is 6.31. The second kappa shape index (κ2) is 9.13. The third-order valence-corrected chi connectivity index (χ3v) is 6.36. The Morgan fingerprint density at radius 2 is 1.97 bits per heavy atom. The molecule has 0 fully saturated rings. The number of carbonyl (C=O) groups is 2. The van der Waals surface area contributed by atoms with E-state index in [1.165, 1.54) is 22.9 Å². The van der Waals surface area contributed by atoms with E-state index in [1.807, 2.05) is 0 Å². The van der Waals surface area contributed by atoms with Gasteiger partial charge in [0.25, 0.3) is 5.91 Å². The molecule has 8 nitrogen and oxygen atoms in total. The number of halogens is 2. The molecule has 35 heavy (non-hydrogen) atoms. The fourth-order valence-electron chi connectivity index (χ4n) is 4.20. The fraction of sp³-hybridized carbons (Fsp3) is 0.280. The standard InChI is InChI=1S/C25H23ClFN5O3/c1-25(2,35)20-13-31(21(33)10-14-4-7-16(29-3)8-5-14)12-19-22(24(28)34)23(30-32(19)20)15-6-9-18(27)17(26)11-15/h4-9,11,20,35H,10,12-13H2,1-2H3,(H2,28,34). The van der Waals surface area contributed by atoms with E-state index in [9.17, 15) is 19.1 Å². The maximum Gasteiger partial charge on any atom is 0.252 e. The molecule has 0 bridgehead atoms. The van der Waals surface area contributed by atoms with Gasteiger partial charge in [0.1, 0.15) is 11.5 Å². The molecule has 2 amide bonds. The van der Waals surface area contributed by atoms with Crippen molar-refractivity contribution in [2.75, 3.05) is 6.54 Å². The second-order valence-electron chi connectivity index (χ2n) is 9.01. The van der Waals surface area contributed by atoms with Crippen molar-refractivity contribution in [1.82, 2.24) is 14.7 Å². The van der Waals surface area contributed by atoms with Crippen LogP contribution >= 0.6 is 11.6 Å². The number of hydrogen-bond acceptors (Lipinski definition) is 4. The fourth-order valence-corrected chi connectivity index (χ4v) is 4.38. The van der Waals surface area contributed by atoms with Crippen LogP contribution in [0, 0.1) is 12.4 Å². The summed E-state index contributed by atoms with van der Waals surface area (Å²) in [5.74, 6) is -1.60. The van der Waals surface area contributed by atoms with Gasteiger partial charge in [0, 0.05) is 12.1 Å². The molecule has 1 atom stereocenters. The topological polar surface area (TPSA) is 106 Å². The first kappa shape index (κ1) is 24.4. The highest BCUT2D eigenvalue weighted by Crippen LogP contribution is 2.36. The lowest BCUT2D eigenvalue weighted by Gasteiger charge is -2.39. The molecule has 0 saturated heterocycles. The van der Waals surface area contributed by atoms with Crippen molar-refractivity contribution in [2.45, 2.75) is 38.5 Å². The van der Waals surface area contributed by atoms with Crippen LogP contribution in [-0.2, 0) is 17.8 Å². The van der Waals surface area contributed by atoms with Gasteiger partial charge in [-0.1, -0.05) is 35.9 Å². The summed E-state index contributed by atoms with van der Waals surface area (Å²) in [5.41, 5.74) is 6.69. The lowest BCUT2D eigenvalue weighted by Crippen LogP contribution is -2.49. The molecule has 180 valence electrons. The second-order valence-corrected chi connectivity index (χ2v) is 9.41. The van der Waals surface area contributed by atoms with E-state index in [2.05, 4.69) is 9.94 Å². The third kappa shape index (κ3) is 4.76. The van der Waals surface area contributed by atoms with E-state index in [0.717, 1.165) is 5.56 Å². The van der Waals surface area contributed by atoms with Crippen LogP contribution in [0.2, 0.25) is 5.02 Å². The normalized spacial score (nSPS) is 15.4. The Balaban J connectivity index is 1.76. The average Bonchev–Trinajstić information content (AvgIpc) is 3.19. The number of benzene rings is 2. The molecule has 1 aliphatic heterocycles. The van der Waals surface area contributed by atoms with E-state index in [-0.39, 0.29) is 41.7 Å². The lowest BCUT2D eigenvalue weighted by molar-refractivity contribution is -0.134. The first-order valence-electron chi connectivity index (χ1n) is 10.8. The van der Waals surface area contributed by atoms with Gasteiger partial charge >= 0.3 is 0 Å². The van der Waals surface area contributed by atoms with Crippen molar-refractivity contribution >= 4 is 29.1 Å². The number of rotatable bonds is 5. The maximum absolute atomic E-state index is 13.7. The minimum Gasteiger partial charge on any atom is -0.388 e. The predicted molar refractivity (Wildman–Crippen MR) is 128 cm³/mol. The largest absolute Gasteiger partial charge is 0.388 e. The van der Waals surface area contributed by atoms with Gasteiger partial charge in [-0.2, -0.15) is 5.10 Å². The summed E-state index contributed by atoms with van der Waals surface area (Å²) < 4.78 is 15.3. The van der Waals surface area contributed by atoms with Crippen molar-refractivity contribution in [3.8, 4) is 11.3 Å². The summed E-state index contributed by atoms with van der Waals surface area (Å²) in [5, 5.41) is 15.3. The Kier molecular flexibility index (Phi) is 6.36. The number of carbonyl (C=O) groups excluding carboxylic acids is 2. The van der Waals surface area contributed by atoms with Gasteiger partial charge in [0.05, 0.1) is 47.5 Å². The van der Waals surface area contributed by atoms with Gasteiger partial charge in [-0.25, -0.2) is 9.24 Å². The van der Waals surface area contributed by atoms with E-state index >= 15 is 0 Å². The molecule has 0 saturated carbocycles. The molecular weight excluding hydrogens is 473 g/mol. The molecular formula is C25H23ClFN5O3. The molecule has 1 unspecified atom stereocenters. The number of hydrogen-bond donors (Lipinski definition) is 2. The highest BCUT2D eigenvalue weighted by atomic mass is 35.5. The number of fused-ring (bicyclic) bond motifs is 1. The van der Waals surface area contributed by atoms with Crippen molar-refractivity contribution in [1.29, 1.82) is 0 Å². The summed E-state index contributed by atoms with van der Waals surface area (Å²) in [7, 11) is 0. The van der Waals surface area contributed by atoms with Gasteiger partial charge in [0.15, 0.2) is 5.69 Å². The van der Waals surface area contributed by atoms with E-state index < -0.39 is 23.4 Å². The number of amides is 2. The van der Waals surface area contributed by atoms with E-state index in [1.54, 1.807) is 43.0 Å². The number of aliphatic hydroxyl groups is 1. The average molecular weight is 496 g/mol. The summed E-state index contributed by atoms with van der Waals surface area (Å²) in [6, 6.07) is 10.0. The molecule has 3 aromatic rings. The van der Waals surface area contributed by atoms with Crippen LogP contribution in [0.5, 0.6) is 0 Å². The highest BCUT2D eigenvalue weighted by Gasteiger charge is 2.40. The number of primary amides is 1. The van der Waals surface area contributed by atoms with Gasteiger partial charge < -0.3 is 15.7 Å². The monoisotopic (exact) mass is 495 g/mol. The Labute approximate surface area is 206 Å². The summed E-state index contributed by atoms with van der Waals surface area (Å²) in [6.45, 7) is 10.5. The summed E-state index contributed by atoms with van der Waals surface area (Å²) >= 11 is 5.95. The third-order valence-electron chi connectivity index (χ3n) is 6.07. The summed E-state index contributed by atoms with van der Waals surface area (Å²) in [4.78, 5) is 30.7. The quantitative estimate of drug-likeness (QED) is 0.524. The van der Waals surface area contributed by atoms with Crippen LogP contribution in [0.15, 0.2) is 42.5 Å². The number of nitrogens with zero attached hydrogens (tertiary/aromatic N) is 4. The number of nitrogens with two attached hydrogens (primary N) is 1. The van der Waals surface area contributed by atoms with Gasteiger partial charge in [-0.05, 0) is 37.6 Å². The van der Waals surface area contributed by atoms with Crippen LogP contribution < -0.4 is 5.73 Å². The van der Waals surface area contributed by atoms with Crippen molar-refractivity contribution in [3.63, 3.8) is 0 Å². The van der Waals surface area contributed by atoms with Crippen molar-refractivity contribution in [2.24, 2.45) is 5.73 Å². The van der Waals surface area contributed by atoms with Gasteiger partial charge in [0.2, 0.25) is 5.91 Å². The zero-order valence-corrected chi connectivity index (χ0v) is 19.9. The predicted octanol–water partition coefficient (Wildman–Crippen LogP) is 3.89. The zero-order valence-electron chi connectivity index (χ0n) is 19.1. The van der Waals surface area contributed by atoms with E-state index in [4.69, 9.17) is 23.9 Å². The Morgan fingerprint density at radius 3 is 2.54 bits per heavy atom. The molecule has 0 aliphatic carbocycles. The summed E-state index contributed by atoms with van der Waals surface area (Å²) in [6.07, 6.45) is 0.0807. The van der Waals surface area contributed by atoms with Gasteiger partial charge in [-0.3, -0.25) is 14.3 Å². The molecule has 10 heteroatoms. The molecule has 3 N–H and O–H groups in total. The first-order valence-corrected chi connectivity index (χ1v) is 11.2. The molecule has 2 heterocycles. The molecule has 1 aromatic heterocycles. The van der Waals surface area contributed by atoms with Crippen molar-refractivity contribution in [3.05, 3.63) is 81.5 Å². The molecule has 4 rings (SSSR count). The minimum absolute atomic E-state index is 0.0474. The Bertz CT molecular complexity index is 1360. The maximum atomic E-state index is 13.7. The smallest absolute Gasteiger partial charge is 0.252 e. The Hall–Kier alpha value is -3.74. The van der Waals surface area contributed by atoms with Crippen LogP contribution in [0.25, 0.3) is 16.1 Å². The van der Waals surface area contributed by atoms with Crippen LogP contribution in [0.1, 0.15) is 41.5 Å². The number of aromatic nitrogens is 2. The van der Waals surface area contributed by atoms with Crippen molar-refractivity contribution < 1.29 is 19.1 Å². The Morgan fingerprint density at radius 1 is 1.29 bits per heavy atom. The SMILES string of the molecule is [C-]#[N+]c1ccc(CC(=O)N2Cc3c(C(N)=O)c(-c4ccc(F)c(Cl)c4)nn3C(C(C)(C)O)C2)cc1. The van der Waals surface area contributed by atoms with Crippen LogP contribution in [-0.4, -0.2) is 43.7 Å². The zero-order chi connectivity index (χ0) is 25.5. The molecule has 0 radical (unpaired) electrons. The van der Waals surface area contributed by atoms with E-state index in [0.29, 0.717) is 16.9 Å². The van der Waals surface area contributed by atoms with Gasteiger partial charge in [-0.15, -0.1) is 0 Å². The van der Waals surface area contributed by atoms with Crippen LogP contribution in [0.3, 0.4) is 0 Å². The van der Waals surface area contributed by atoms with Crippen LogP contribution in [0.4, 0.5) is 10.1 Å².